The summed E-state index contributed by atoms with van der Waals surface area (Å²) >= 11 is 0. The number of carbonyl (C=O) groups excluding carboxylic acids is 2. The van der Waals surface area contributed by atoms with Gasteiger partial charge in [0.1, 0.15) is 17.9 Å². The second kappa shape index (κ2) is 11.0. The summed E-state index contributed by atoms with van der Waals surface area (Å²) in [5.74, 6) is 0.698. The van der Waals surface area contributed by atoms with E-state index in [4.69, 9.17) is 4.74 Å². The number of anilines is 1. The highest BCUT2D eigenvalue weighted by Crippen LogP contribution is 2.44. The molecule has 5 rings (SSSR count). The van der Waals surface area contributed by atoms with Gasteiger partial charge in [-0.15, -0.1) is 10.2 Å². The Hall–Kier alpha value is -3.34. The Bertz CT molecular complexity index is 1210. The number of benzene rings is 1. The summed E-state index contributed by atoms with van der Waals surface area (Å²) in [6, 6.07) is 3.79. The topological polar surface area (TPSA) is 104 Å². The Morgan fingerprint density at radius 2 is 2.00 bits per heavy atom. The lowest BCUT2D eigenvalue weighted by atomic mass is 9.72. The van der Waals surface area contributed by atoms with Crippen LogP contribution in [0.25, 0.3) is 0 Å². The fraction of sp³-hybridized carbons (Fsp3) is 0.607. The number of piperidine rings is 1. The van der Waals surface area contributed by atoms with Gasteiger partial charge in [0.15, 0.2) is 5.82 Å². The lowest BCUT2D eigenvalue weighted by Gasteiger charge is -2.54. The monoisotopic (exact) mass is 539 g/mol. The maximum absolute atomic E-state index is 14.2. The molecule has 3 aliphatic rings. The summed E-state index contributed by atoms with van der Waals surface area (Å²) in [6.07, 6.45) is 4.29. The molecule has 11 heteroatoms. The van der Waals surface area contributed by atoms with Crippen molar-refractivity contribution in [2.24, 2.45) is 11.3 Å². The molecular weight excluding hydrogens is 501 g/mol. The van der Waals surface area contributed by atoms with Crippen molar-refractivity contribution in [1.82, 2.24) is 30.3 Å². The number of hydrogen-bond donors (Lipinski definition) is 1. The van der Waals surface area contributed by atoms with Gasteiger partial charge in [-0.25, -0.2) is 9.37 Å². The number of nitrogens with zero attached hydrogens (tertiary/aromatic N) is 6. The smallest absolute Gasteiger partial charge is 0.282 e. The molecule has 210 valence electrons. The predicted octanol–water partition coefficient (Wildman–Crippen LogP) is 3.10. The van der Waals surface area contributed by atoms with Gasteiger partial charge in [-0.05, 0) is 70.7 Å². The molecule has 0 bridgehead atoms. The van der Waals surface area contributed by atoms with E-state index < -0.39 is 5.82 Å². The Kier molecular flexibility index (Phi) is 7.70. The first-order valence-electron chi connectivity index (χ1n) is 13.9. The highest BCUT2D eigenvalue weighted by molar-refractivity contribution is 5.97. The molecule has 0 aliphatic carbocycles. The van der Waals surface area contributed by atoms with Gasteiger partial charge < -0.3 is 24.8 Å². The molecule has 2 amide bonds. The maximum Gasteiger partial charge on any atom is 0.282 e. The highest BCUT2D eigenvalue weighted by atomic mass is 19.1. The summed E-state index contributed by atoms with van der Waals surface area (Å²) in [5, 5.41) is 11.4. The van der Waals surface area contributed by atoms with Crippen molar-refractivity contribution in [3.63, 3.8) is 0 Å². The van der Waals surface area contributed by atoms with E-state index in [1.165, 1.54) is 24.5 Å². The predicted molar refractivity (Wildman–Crippen MR) is 144 cm³/mol. The third-order valence-corrected chi connectivity index (χ3v) is 8.46. The number of amides is 2. The van der Waals surface area contributed by atoms with E-state index in [9.17, 15) is 14.0 Å². The van der Waals surface area contributed by atoms with Crippen LogP contribution in [-0.4, -0.2) is 88.1 Å². The molecule has 3 saturated heterocycles. The van der Waals surface area contributed by atoms with E-state index in [2.05, 4.69) is 32.3 Å². The summed E-state index contributed by atoms with van der Waals surface area (Å²) in [7, 11) is 0. The van der Waals surface area contributed by atoms with Crippen molar-refractivity contribution < 1.29 is 18.7 Å². The average molecular weight is 540 g/mol. The first kappa shape index (κ1) is 27.2. The third kappa shape index (κ3) is 5.41. The quantitative estimate of drug-likeness (QED) is 0.573. The Labute approximate surface area is 228 Å². The Morgan fingerprint density at radius 1 is 1.26 bits per heavy atom. The molecule has 1 spiro atoms. The van der Waals surface area contributed by atoms with Crippen LogP contribution in [0.15, 0.2) is 24.5 Å². The second-order valence-electron chi connectivity index (χ2n) is 11.4. The number of nitrogens with one attached hydrogen (secondary N) is 1. The normalized spacial score (nSPS) is 22.2. The van der Waals surface area contributed by atoms with Crippen molar-refractivity contribution in [2.75, 3.05) is 44.2 Å². The largest absolute Gasteiger partial charge is 0.434 e. The van der Waals surface area contributed by atoms with Crippen LogP contribution in [0.5, 0.6) is 11.6 Å². The van der Waals surface area contributed by atoms with Crippen molar-refractivity contribution in [3.8, 4) is 11.6 Å². The zero-order valence-corrected chi connectivity index (χ0v) is 23.2. The molecule has 2 atom stereocenters. The van der Waals surface area contributed by atoms with Gasteiger partial charge in [0.25, 0.3) is 11.8 Å². The fourth-order valence-electron chi connectivity index (χ4n) is 6.09. The first-order valence-corrected chi connectivity index (χ1v) is 13.9. The van der Waals surface area contributed by atoms with Crippen LogP contribution in [0.3, 0.4) is 0 Å². The summed E-state index contributed by atoms with van der Waals surface area (Å²) in [4.78, 5) is 36.4. The number of hydrogen-bond acceptors (Lipinski definition) is 8. The van der Waals surface area contributed by atoms with E-state index in [0.717, 1.165) is 52.0 Å². The highest BCUT2D eigenvalue weighted by Gasteiger charge is 2.47. The molecule has 0 unspecified atom stereocenters. The zero-order chi connectivity index (χ0) is 27.7. The Balaban J connectivity index is 1.27. The molecule has 3 aliphatic heterocycles. The maximum atomic E-state index is 14.2. The minimum atomic E-state index is -0.518. The molecule has 0 saturated carbocycles. The molecule has 1 aromatic carbocycles. The van der Waals surface area contributed by atoms with Gasteiger partial charge in [-0.3, -0.25) is 9.59 Å². The molecule has 1 aromatic heterocycles. The number of ether oxygens (including phenoxy) is 1. The molecule has 2 aromatic rings. The van der Waals surface area contributed by atoms with E-state index in [-0.39, 0.29) is 46.5 Å². The molecule has 4 heterocycles. The number of rotatable bonds is 7. The van der Waals surface area contributed by atoms with Crippen LogP contribution in [0, 0.1) is 17.2 Å². The number of likely N-dealkylation sites (tertiary alicyclic amines) is 1. The van der Waals surface area contributed by atoms with Crippen LogP contribution in [0.1, 0.15) is 57.3 Å². The minimum Gasteiger partial charge on any atom is -0.434 e. The van der Waals surface area contributed by atoms with Gasteiger partial charge in [0, 0.05) is 44.2 Å². The van der Waals surface area contributed by atoms with Gasteiger partial charge >= 0.3 is 0 Å². The number of carbonyl (C=O) groups is 2. The van der Waals surface area contributed by atoms with Gasteiger partial charge in [-0.2, -0.15) is 0 Å². The lowest BCUT2D eigenvalue weighted by molar-refractivity contribution is -0.136. The molecule has 3 fully saturated rings. The van der Waals surface area contributed by atoms with E-state index in [1.54, 1.807) is 4.90 Å². The van der Waals surface area contributed by atoms with Gasteiger partial charge in [0.2, 0.25) is 5.91 Å². The van der Waals surface area contributed by atoms with Gasteiger partial charge in [0.05, 0.1) is 11.6 Å². The zero-order valence-electron chi connectivity index (χ0n) is 23.2. The third-order valence-electron chi connectivity index (χ3n) is 8.46. The van der Waals surface area contributed by atoms with Crippen LogP contribution < -0.4 is 15.0 Å². The molecule has 10 nitrogen and oxygen atoms in total. The van der Waals surface area contributed by atoms with Crippen molar-refractivity contribution in [3.05, 3.63) is 35.9 Å². The summed E-state index contributed by atoms with van der Waals surface area (Å²) in [5.41, 5.74) is 0.245. The lowest BCUT2D eigenvalue weighted by Crippen LogP contribution is -2.62. The summed E-state index contributed by atoms with van der Waals surface area (Å²) in [6.45, 7) is 12.3. The molecular formula is C28H38FN7O3. The fourth-order valence-corrected chi connectivity index (χ4v) is 6.09. The summed E-state index contributed by atoms with van der Waals surface area (Å²) < 4.78 is 20.3. The van der Waals surface area contributed by atoms with E-state index in [1.807, 2.05) is 25.7 Å². The first-order chi connectivity index (χ1) is 18.7. The van der Waals surface area contributed by atoms with Crippen molar-refractivity contribution >= 4 is 17.6 Å². The number of halogens is 1. The Morgan fingerprint density at radius 3 is 2.64 bits per heavy atom. The standard InChI is InChI=1S/C28H38FN7O3/c1-5-36(18(2)3)26(37)21-14-20(29)6-7-22(21)39-25-24(31-17-32-33-25)35-15-28(16-35)9-12-34(13-10-28)27(38)23-19(4)8-11-30-23/h6-7,14,17-19,23,30H,5,8-13,15-16H2,1-4H3/t19-,23+/m1/s1. The number of aromatic nitrogens is 3. The minimum absolute atomic E-state index is 0.0517. The van der Waals surface area contributed by atoms with E-state index in [0.29, 0.717) is 18.3 Å². The SMILES string of the molecule is CCN(C(=O)c1cc(F)ccc1Oc1nncnc1N1CC2(CCN(C(=O)[C@H]3NCC[C@H]3C)CC2)C1)C(C)C. The molecule has 0 radical (unpaired) electrons. The van der Waals surface area contributed by atoms with Crippen LogP contribution in [0.4, 0.5) is 10.2 Å². The van der Waals surface area contributed by atoms with Crippen molar-refractivity contribution in [1.29, 1.82) is 0 Å². The average Bonchev–Trinajstić information content (AvgIpc) is 3.34. The van der Waals surface area contributed by atoms with Crippen LogP contribution in [0.2, 0.25) is 0 Å². The van der Waals surface area contributed by atoms with Crippen LogP contribution in [-0.2, 0) is 4.79 Å². The second-order valence-corrected chi connectivity index (χ2v) is 11.4. The van der Waals surface area contributed by atoms with E-state index >= 15 is 0 Å². The van der Waals surface area contributed by atoms with Crippen LogP contribution >= 0.6 is 0 Å². The molecule has 39 heavy (non-hydrogen) atoms. The van der Waals surface area contributed by atoms with Crippen molar-refractivity contribution in [2.45, 2.75) is 59.0 Å². The molecule has 1 N–H and O–H groups in total. The van der Waals surface area contributed by atoms with Gasteiger partial charge in [-0.1, -0.05) is 6.92 Å².